The van der Waals surface area contributed by atoms with Gasteiger partial charge in [-0.3, -0.25) is 19.7 Å². The van der Waals surface area contributed by atoms with E-state index in [4.69, 9.17) is 5.73 Å². The number of nitrogens with one attached hydrogen (secondary N) is 1. The number of piperidine rings is 1. The zero-order valence-corrected chi connectivity index (χ0v) is 13.0. The summed E-state index contributed by atoms with van der Waals surface area (Å²) in [6, 6.07) is 0. The SMILES string of the molecule is C[C@]1(c2[nH]ncc2C(N)=O)CCCN(C(=O)c2cncs2)C1. The number of thiazole rings is 1. The molecule has 3 rings (SSSR count). The third kappa shape index (κ3) is 2.50. The molecule has 0 unspecified atom stereocenters. The summed E-state index contributed by atoms with van der Waals surface area (Å²) in [6.45, 7) is 3.25. The number of hydrogen-bond acceptors (Lipinski definition) is 5. The summed E-state index contributed by atoms with van der Waals surface area (Å²) in [5.74, 6) is -0.524. The van der Waals surface area contributed by atoms with Crippen LogP contribution >= 0.6 is 11.3 Å². The number of nitrogens with two attached hydrogens (primary N) is 1. The molecular formula is C14H17N5O2S. The Bertz CT molecular complexity index is 696. The number of nitrogens with zero attached hydrogens (tertiary/aromatic N) is 3. The quantitative estimate of drug-likeness (QED) is 0.885. The van der Waals surface area contributed by atoms with Gasteiger partial charge in [-0.2, -0.15) is 5.10 Å². The first-order chi connectivity index (χ1) is 10.5. The van der Waals surface area contributed by atoms with Crippen molar-refractivity contribution in [3.05, 3.63) is 34.0 Å². The van der Waals surface area contributed by atoms with E-state index in [0.717, 1.165) is 12.8 Å². The lowest BCUT2D eigenvalue weighted by atomic mass is 9.77. The Morgan fingerprint density at radius 3 is 2.95 bits per heavy atom. The molecule has 7 nitrogen and oxygen atoms in total. The zero-order chi connectivity index (χ0) is 15.7. The number of H-pyrrole nitrogens is 1. The van der Waals surface area contributed by atoms with Crippen molar-refractivity contribution >= 4 is 23.2 Å². The van der Waals surface area contributed by atoms with Crippen LogP contribution in [-0.4, -0.2) is 45.0 Å². The maximum Gasteiger partial charge on any atom is 0.265 e. The summed E-state index contributed by atoms with van der Waals surface area (Å²) in [7, 11) is 0. The molecule has 3 N–H and O–H groups in total. The third-order valence-corrected chi connectivity index (χ3v) is 4.90. The van der Waals surface area contributed by atoms with Gasteiger partial charge in [0.15, 0.2) is 0 Å². The molecule has 1 fully saturated rings. The first-order valence-corrected chi connectivity index (χ1v) is 7.91. The highest BCUT2D eigenvalue weighted by Gasteiger charge is 2.38. The van der Waals surface area contributed by atoms with Gasteiger partial charge in [0, 0.05) is 18.5 Å². The Labute approximate surface area is 131 Å². The van der Waals surface area contributed by atoms with Crippen molar-refractivity contribution in [2.45, 2.75) is 25.2 Å². The molecule has 2 amide bonds. The monoisotopic (exact) mass is 319 g/mol. The molecule has 8 heteroatoms. The van der Waals surface area contributed by atoms with Crippen molar-refractivity contribution in [2.24, 2.45) is 5.73 Å². The molecule has 1 aliphatic heterocycles. The van der Waals surface area contributed by atoms with Crippen molar-refractivity contribution in [3.8, 4) is 0 Å². The van der Waals surface area contributed by atoms with E-state index in [9.17, 15) is 9.59 Å². The van der Waals surface area contributed by atoms with E-state index in [0.29, 0.717) is 29.2 Å². The van der Waals surface area contributed by atoms with Gasteiger partial charge in [-0.1, -0.05) is 6.92 Å². The Morgan fingerprint density at radius 1 is 1.45 bits per heavy atom. The van der Waals surface area contributed by atoms with E-state index in [1.165, 1.54) is 17.5 Å². The smallest absolute Gasteiger partial charge is 0.265 e. The van der Waals surface area contributed by atoms with Gasteiger partial charge in [0.2, 0.25) is 0 Å². The maximum absolute atomic E-state index is 12.5. The number of primary amides is 1. The number of carbonyl (C=O) groups excluding carboxylic acids is 2. The molecule has 116 valence electrons. The van der Waals surface area contributed by atoms with Crippen molar-refractivity contribution in [3.63, 3.8) is 0 Å². The van der Waals surface area contributed by atoms with Crippen LogP contribution in [0.15, 0.2) is 17.9 Å². The van der Waals surface area contributed by atoms with E-state index < -0.39 is 5.91 Å². The Morgan fingerprint density at radius 2 is 2.27 bits per heavy atom. The van der Waals surface area contributed by atoms with Crippen LogP contribution in [0, 0.1) is 0 Å². The van der Waals surface area contributed by atoms with Gasteiger partial charge in [0.1, 0.15) is 4.88 Å². The first kappa shape index (κ1) is 14.7. The molecular weight excluding hydrogens is 302 g/mol. The molecule has 0 saturated carbocycles. The number of amides is 2. The molecule has 0 spiro atoms. The zero-order valence-electron chi connectivity index (χ0n) is 12.2. The van der Waals surface area contributed by atoms with Crippen LogP contribution < -0.4 is 5.73 Å². The predicted octanol–water partition coefficient (Wildman–Crippen LogP) is 1.16. The summed E-state index contributed by atoms with van der Waals surface area (Å²) < 4.78 is 0. The van der Waals surface area contributed by atoms with Gasteiger partial charge >= 0.3 is 0 Å². The fourth-order valence-electron chi connectivity index (χ4n) is 3.03. The highest BCUT2D eigenvalue weighted by atomic mass is 32.1. The van der Waals surface area contributed by atoms with Gasteiger partial charge in [0.05, 0.1) is 29.2 Å². The molecule has 0 radical (unpaired) electrons. The Kier molecular flexibility index (Phi) is 3.69. The van der Waals surface area contributed by atoms with Crippen molar-refractivity contribution in [1.29, 1.82) is 0 Å². The van der Waals surface area contributed by atoms with E-state index >= 15 is 0 Å². The van der Waals surface area contributed by atoms with Crippen LogP contribution in [-0.2, 0) is 5.41 Å². The van der Waals surface area contributed by atoms with Crippen LogP contribution in [0.2, 0.25) is 0 Å². The minimum atomic E-state index is -0.504. The average molecular weight is 319 g/mol. The maximum atomic E-state index is 12.5. The molecule has 3 heterocycles. The fraction of sp³-hybridized carbons (Fsp3) is 0.429. The minimum absolute atomic E-state index is 0.0198. The van der Waals surface area contributed by atoms with E-state index in [2.05, 4.69) is 15.2 Å². The molecule has 0 aliphatic carbocycles. The molecule has 0 aromatic carbocycles. The summed E-state index contributed by atoms with van der Waals surface area (Å²) in [5, 5.41) is 6.84. The second kappa shape index (κ2) is 5.53. The Balaban J connectivity index is 1.87. The van der Waals surface area contributed by atoms with Crippen LogP contribution in [0.5, 0.6) is 0 Å². The molecule has 2 aromatic heterocycles. The second-order valence-electron chi connectivity index (χ2n) is 5.78. The molecule has 0 bridgehead atoms. The summed E-state index contributed by atoms with van der Waals surface area (Å²) in [6.07, 6.45) is 4.76. The number of likely N-dealkylation sites (tertiary alicyclic amines) is 1. The fourth-order valence-corrected chi connectivity index (χ4v) is 3.61. The van der Waals surface area contributed by atoms with Gasteiger partial charge in [-0.15, -0.1) is 11.3 Å². The normalized spacial score (nSPS) is 21.8. The van der Waals surface area contributed by atoms with E-state index in [-0.39, 0.29) is 11.3 Å². The molecule has 2 aromatic rings. The number of aromatic nitrogens is 3. The lowest BCUT2D eigenvalue weighted by Crippen LogP contribution is -2.47. The van der Waals surface area contributed by atoms with E-state index in [1.807, 2.05) is 11.8 Å². The number of aromatic amines is 1. The molecule has 1 aliphatic rings. The molecule has 1 atom stereocenters. The lowest BCUT2D eigenvalue weighted by molar-refractivity contribution is 0.0651. The van der Waals surface area contributed by atoms with Crippen molar-refractivity contribution in [1.82, 2.24) is 20.1 Å². The third-order valence-electron chi connectivity index (χ3n) is 4.14. The second-order valence-corrected chi connectivity index (χ2v) is 6.67. The highest BCUT2D eigenvalue weighted by Crippen LogP contribution is 2.35. The largest absolute Gasteiger partial charge is 0.365 e. The van der Waals surface area contributed by atoms with Gasteiger partial charge in [-0.25, -0.2) is 0 Å². The summed E-state index contributed by atoms with van der Waals surface area (Å²) in [5.41, 5.74) is 7.81. The highest BCUT2D eigenvalue weighted by molar-refractivity contribution is 7.11. The summed E-state index contributed by atoms with van der Waals surface area (Å²) >= 11 is 1.33. The van der Waals surface area contributed by atoms with Crippen LogP contribution in [0.1, 0.15) is 45.5 Å². The summed E-state index contributed by atoms with van der Waals surface area (Å²) in [4.78, 5) is 30.5. The minimum Gasteiger partial charge on any atom is -0.365 e. The molecule has 22 heavy (non-hydrogen) atoms. The average Bonchev–Trinajstić information content (AvgIpc) is 3.18. The van der Waals surface area contributed by atoms with E-state index in [1.54, 1.807) is 11.7 Å². The lowest BCUT2D eigenvalue weighted by Gasteiger charge is -2.40. The van der Waals surface area contributed by atoms with Gasteiger partial charge in [0.25, 0.3) is 11.8 Å². The van der Waals surface area contributed by atoms with Crippen LogP contribution in [0.25, 0.3) is 0 Å². The topological polar surface area (TPSA) is 105 Å². The molecule has 1 saturated heterocycles. The first-order valence-electron chi connectivity index (χ1n) is 7.03. The van der Waals surface area contributed by atoms with Crippen molar-refractivity contribution in [2.75, 3.05) is 13.1 Å². The standard InChI is InChI=1S/C14H17N5O2S/c1-14(11-9(12(15)20)5-17-18-11)3-2-4-19(7-14)13(21)10-6-16-8-22-10/h5-6,8H,2-4,7H2,1H3,(H2,15,20)(H,17,18)/t14-/m0/s1. The number of hydrogen-bond donors (Lipinski definition) is 2. The Hall–Kier alpha value is -2.22. The van der Waals surface area contributed by atoms with Crippen LogP contribution in [0.3, 0.4) is 0 Å². The number of carbonyl (C=O) groups is 2. The van der Waals surface area contributed by atoms with Gasteiger partial charge < -0.3 is 10.6 Å². The van der Waals surface area contributed by atoms with Crippen molar-refractivity contribution < 1.29 is 9.59 Å². The van der Waals surface area contributed by atoms with Crippen LogP contribution in [0.4, 0.5) is 0 Å². The number of rotatable bonds is 3. The predicted molar refractivity (Wildman–Crippen MR) is 81.7 cm³/mol. The van der Waals surface area contributed by atoms with Gasteiger partial charge in [-0.05, 0) is 12.8 Å².